The van der Waals surface area contributed by atoms with Gasteiger partial charge in [0.15, 0.2) is 22.3 Å². The number of ether oxygens (including phenoxy) is 3. The molecule has 26 heavy (non-hydrogen) atoms. The highest BCUT2D eigenvalue weighted by molar-refractivity contribution is 7.13. The lowest BCUT2D eigenvalue weighted by Gasteiger charge is -2.11. The number of furan rings is 1. The van der Waals surface area contributed by atoms with E-state index >= 15 is 0 Å². The Morgan fingerprint density at radius 2 is 2.15 bits per heavy atom. The predicted octanol–water partition coefficient (Wildman–Crippen LogP) is 4.37. The molecule has 0 radical (unpaired) electrons. The Hall–Kier alpha value is -2.94. The van der Waals surface area contributed by atoms with Crippen LogP contribution in [0.15, 0.2) is 46.4 Å². The van der Waals surface area contributed by atoms with Gasteiger partial charge in [-0.2, -0.15) is 8.78 Å². The van der Waals surface area contributed by atoms with Gasteiger partial charge >= 0.3 is 12.6 Å². The van der Waals surface area contributed by atoms with E-state index < -0.39 is 12.6 Å². The number of nitrogens with zero attached hydrogens (tertiary/aromatic N) is 1. The highest BCUT2D eigenvalue weighted by Gasteiger charge is 2.16. The highest BCUT2D eigenvalue weighted by atomic mass is 32.1. The minimum absolute atomic E-state index is 0.00788. The third-order valence-electron chi connectivity index (χ3n) is 3.25. The van der Waals surface area contributed by atoms with Gasteiger partial charge in [0.2, 0.25) is 0 Å². The van der Waals surface area contributed by atoms with Crippen molar-refractivity contribution in [1.82, 2.24) is 4.98 Å². The first kappa shape index (κ1) is 17.9. The minimum atomic E-state index is -2.99. The van der Waals surface area contributed by atoms with E-state index in [-0.39, 0.29) is 23.7 Å². The zero-order valence-electron chi connectivity index (χ0n) is 13.5. The summed E-state index contributed by atoms with van der Waals surface area (Å²) in [5, 5.41) is 2.43. The topological polar surface area (TPSA) is 70.8 Å². The number of hydrogen-bond donors (Lipinski definition) is 0. The van der Waals surface area contributed by atoms with Crippen LogP contribution < -0.4 is 9.47 Å². The molecule has 0 N–H and O–H groups in total. The van der Waals surface area contributed by atoms with E-state index in [1.807, 2.05) is 0 Å². The van der Waals surface area contributed by atoms with Gasteiger partial charge in [-0.1, -0.05) is 0 Å². The summed E-state index contributed by atoms with van der Waals surface area (Å²) in [7, 11) is 1.29. The molecule has 9 heteroatoms. The van der Waals surface area contributed by atoms with Crippen molar-refractivity contribution in [1.29, 1.82) is 0 Å². The Morgan fingerprint density at radius 1 is 1.31 bits per heavy atom. The number of halogens is 2. The molecular weight excluding hydrogens is 368 g/mol. The Labute approximate surface area is 150 Å². The first-order valence-electron chi connectivity index (χ1n) is 7.35. The molecule has 2 aromatic heterocycles. The van der Waals surface area contributed by atoms with Gasteiger partial charge in [-0.25, -0.2) is 9.78 Å². The van der Waals surface area contributed by atoms with E-state index in [2.05, 4.69) is 9.72 Å². The molecule has 3 rings (SSSR count). The predicted molar refractivity (Wildman–Crippen MR) is 88.6 cm³/mol. The van der Waals surface area contributed by atoms with E-state index in [0.717, 1.165) is 0 Å². The highest BCUT2D eigenvalue weighted by Crippen LogP contribution is 2.30. The number of aromatic nitrogens is 1. The zero-order valence-corrected chi connectivity index (χ0v) is 14.3. The largest absolute Gasteiger partial charge is 0.493 e. The Morgan fingerprint density at radius 3 is 2.85 bits per heavy atom. The van der Waals surface area contributed by atoms with Crippen LogP contribution in [-0.2, 0) is 11.3 Å². The maximum atomic E-state index is 12.3. The summed E-state index contributed by atoms with van der Waals surface area (Å²) in [6.45, 7) is -3.03. The van der Waals surface area contributed by atoms with Crippen molar-refractivity contribution in [3.63, 3.8) is 0 Å². The average molecular weight is 381 g/mol. The van der Waals surface area contributed by atoms with Gasteiger partial charge in [-0.05, 0) is 30.3 Å². The summed E-state index contributed by atoms with van der Waals surface area (Å²) in [6, 6.07) is 7.35. The Balaban J connectivity index is 1.65. The molecule has 1 aromatic carbocycles. The number of hydrogen-bond acceptors (Lipinski definition) is 7. The number of methoxy groups -OCH3 is 1. The van der Waals surface area contributed by atoms with Crippen LogP contribution in [0.4, 0.5) is 8.78 Å². The third kappa shape index (κ3) is 4.17. The van der Waals surface area contributed by atoms with Gasteiger partial charge in [0.1, 0.15) is 6.61 Å². The van der Waals surface area contributed by atoms with Gasteiger partial charge in [-0.3, -0.25) is 0 Å². The van der Waals surface area contributed by atoms with Crippen molar-refractivity contribution in [2.45, 2.75) is 13.2 Å². The fourth-order valence-corrected chi connectivity index (χ4v) is 2.87. The zero-order chi connectivity index (χ0) is 18.5. The minimum Gasteiger partial charge on any atom is -0.493 e. The van der Waals surface area contributed by atoms with Crippen molar-refractivity contribution in [2.75, 3.05) is 7.11 Å². The van der Waals surface area contributed by atoms with Gasteiger partial charge in [0, 0.05) is 5.38 Å². The average Bonchev–Trinajstić information content (AvgIpc) is 3.30. The number of carbonyl (C=O) groups is 1. The summed E-state index contributed by atoms with van der Waals surface area (Å²) < 4.78 is 44.4. The molecule has 0 bridgehead atoms. The van der Waals surface area contributed by atoms with Crippen molar-refractivity contribution in [3.8, 4) is 22.3 Å². The van der Waals surface area contributed by atoms with Crippen molar-refractivity contribution < 1.29 is 32.2 Å². The lowest BCUT2D eigenvalue weighted by atomic mass is 10.2. The standard InChI is InChI=1S/C17H13F2NO5S/c1-22-14-7-10(4-5-12(14)25-17(18)19)16(21)24-8-11-9-26-15(20-11)13-3-2-6-23-13/h2-7,9,17H,8H2,1H3. The van der Waals surface area contributed by atoms with Crippen LogP contribution in [-0.4, -0.2) is 24.7 Å². The van der Waals surface area contributed by atoms with Crippen molar-refractivity contribution >= 4 is 17.3 Å². The fraction of sp³-hybridized carbons (Fsp3) is 0.176. The van der Waals surface area contributed by atoms with E-state index in [1.165, 1.54) is 36.6 Å². The first-order valence-corrected chi connectivity index (χ1v) is 8.23. The van der Waals surface area contributed by atoms with E-state index in [4.69, 9.17) is 13.9 Å². The second-order valence-electron chi connectivity index (χ2n) is 4.94. The lowest BCUT2D eigenvalue weighted by Crippen LogP contribution is -2.07. The molecule has 0 aliphatic heterocycles. The van der Waals surface area contributed by atoms with Crippen molar-refractivity contribution in [2.24, 2.45) is 0 Å². The number of thiazole rings is 1. The third-order valence-corrected chi connectivity index (χ3v) is 4.16. The van der Waals surface area contributed by atoms with Crippen LogP contribution in [0.5, 0.6) is 11.5 Å². The number of carbonyl (C=O) groups excluding carboxylic acids is 1. The van der Waals surface area contributed by atoms with Crippen LogP contribution in [0.2, 0.25) is 0 Å². The van der Waals surface area contributed by atoms with E-state index in [1.54, 1.807) is 23.8 Å². The summed E-state index contributed by atoms with van der Waals surface area (Å²) in [6.07, 6.45) is 1.55. The molecule has 136 valence electrons. The Kier molecular flexibility index (Phi) is 5.47. The number of alkyl halides is 2. The van der Waals surface area contributed by atoms with Gasteiger partial charge in [0.25, 0.3) is 0 Å². The van der Waals surface area contributed by atoms with Crippen LogP contribution in [0, 0.1) is 0 Å². The second kappa shape index (κ2) is 7.96. The molecule has 0 aliphatic rings. The second-order valence-corrected chi connectivity index (χ2v) is 5.80. The SMILES string of the molecule is COc1cc(C(=O)OCc2csc(-c3ccco3)n2)ccc1OC(F)F. The smallest absolute Gasteiger partial charge is 0.387 e. The van der Waals surface area contributed by atoms with E-state index in [0.29, 0.717) is 16.5 Å². The van der Waals surface area contributed by atoms with Gasteiger partial charge in [0.05, 0.1) is 24.6 Å². The molecule has 0 saturated heterocycles. The fourth-order valence-electron chi connectivity index (χ4n) is 2.10. The summed E-state index contributed by atoms with van der Waals surface area (Å²) in [5.41, 5.74) is 0.712. The van der Waals surface area contributed by atoms with Crippen molar-refractivity contribution in [3.05, 3.63) is 53.2 Å². The molecule has 0 fully saturated rings. The molecule has 6 nitrogen and oxygen atoms in total. The quantitative estimate of drug-likeness (QED) is 0.566. The lowest BCUT2D eigenvalue weighted by molar-refractivity contribution is -0.0512. The maximum Gasteiger partial charge on any atom is 0.387 e. The summed E-state index contributed by atoms with van der Waals surface area (Å²) >= 11 is 1.36. The number of esters is 1. The molecular formula is C17H13F2NO5S. The molecule has 0 unspecified atom stereocenters. The summed E-state index contributed by atoms with van der Waals surface area (Å²) in [5.74, 6) is -0.165. The maximum absolute atomic E-state index is 12.3. The number of benzene rings is 1. The van der Waals surface area contributed by atoms with E-state index in [9.17, 15) is 13.6 Å². The first-order chi connectivity index (χ1) is 12.6. The molecule has 0 spiro atoms. The molecule has 0 amide bonds. The molecule has 2 heterocycles. The van der Waals surface area contributed by atoms with Crippen LogP contribution >= 0.6 is 11.3 Å². The molecule has 0 saturated carbocycles. The Bertz CT molecular complexity index is 879. The molecule has 3 aromatic rings. The summed E-state index contributed by atoms with van der Waals surface area (Å²) in [4.78, 5) is 16.5. The normalized spacial score (nSPS) is 10.8. The molecule has 0 aliphatic carbocycles. The molecule has 0 atom stereocenters. The van der Waals surface area contributed by atoms with Gasteiger partial charge < -0.3 is 18.6 Å². The monoisotopic (exact) mass is 381 g/mol. The van der Waals surface area contributed by atoms with Gasteiger partial charge in [-0.15, -0.1) is 11.3 Å². The number of rotatable bonds is 7. The van der Waals surface area contributed by atoms with Crippen LogP contribution in [0.1, 0.15) is 16.1 Å². The van der Waals surface area contributed by atoms with Crippen LogP contribution in [0.25, 0.3) is 10.8 Å². The van der Waals surface area contributed by atoms with Crippen LogP contribution in [0.3, 0.4) is 0 Å².